The van der Waals surface area contributed by atoms with Crippen molar-refractivity contribution in [2.45, 2.75) is 31.8 Å². The zero-order chi connectivity index (χ0) is 10.0. The second-order valence-corrected chi connectivity index (χ2v) is 3.82. The van der Waals surface area contributed by atoms with Gasteiger partial charge < -0.3 is 15.5 Å². The third kappa shape index (κ3) is 2.34. The number of amides is 2. The Morgan fingerprint density at radius 2 is 2.08 bits per heavy atom. The van der Waals surface area contributed by atoms with E-state index in [9.17, 15) is 4.79 Å². The van der Waals surface area contributed by atoms with Crippen LogP contribution in [0.25, 0.3) is 0 Å². The summed E-state index contributed by atoms with van der Waals surface area (Å²) in [5.74, 6) is 0. The van der Waals surface area contributed by atoms with Gasteiger partial charge in [-0.25, -0.2) is 4.79 Å². The van der Waals surface area contributed by atoms with Crippen LogP contribution in [0.1, 0.15) is 19.8 Å². The average molecular weight is 185 g/mol. The monoisotopic (exact) mass is 185 g/mol. The molecule has 0 aromatic carbocycles. The number of rotatable bonds is 3. The van der Waals surface area contributed by atoms with Gasteiger partial charge in [-0.15, -0.1) is 0 Å². The van der Waals surface area contributed by atoms with E-state index in [1.54, 1.807) is 11.9 Å². The topological polar surface area (TPSA) is 49.6 Å². The molecule has 1 unspecified atom stereocenters. The summed E-state index contributed by atoms with van der Waals surface area (Å²) in [5.41, 5.74) is 5.49. The fraction of sp³-hybridized carbons (Fsp3) is 0.889. The van der Waals surface area contributed by atoms with E-state index in [0.29, 0.717) is 12.6 Å². The van der Waals surface area contributed by atoms with E-state index in [2.05, 4.69) is 0 Å². The Hall–Kier alpha value is -0.770. The third-order valence-electron chi connectivity index (χ3n) is 2.70. The van der Waals surface area contributed by atoms with Gasteiger partial charge >= 0.3 is 6.03 Å². The fourth-order valence-electron chi connectivity index (χ4n) is 1.21. The van der Waals surface area contributed by atoms with Crippen LogP contribution in [0, 0.1) is 0 Å². The molecule has 1 atom stereocenters. The van der Waals surface area contributed by atoms with E-state index in [4.69, 9.17) is 5.73 Å². The summed E-state index contributed by atoms with van der Waals surface area (Å²) in [5, 5.41) is 0. The first-order valence-electron chi connectivity index (χ1n) is 4.77. The van der Waals surface area contributed by atoms with Crippen LogP contribution in [0.2, 0.25) is 0 Å². The molecular weight excluding hydrogens is 166 g/mol. The Bertz CT molecular complexity index is 191. The number of nitrogens with zero attached hydrogens (tertiary/aromatic N) is 2. The van der Waals surface area contributed by atoms with Gasteiger partial charge in [-0.05, 0) is 19.8 Å². The minimum Gasteiger partial charge on any atom is -0.328 e. The highest BCUT2D eigenvalue weighted by Crippen LogP contribution is 2.26. The van der Waals surface area contributed by atoms with Crippen molar-refractivity contribution in [2.24, 2.45) is 5.73 Å². The lowest BCUT2D eigenvalue weighted by atomic mass is 10.3. The van der Waals surface area contributed by atoms with Crippen LogP contribution in [0.5, 0.6) is 0 Å². The highest BCUT2D eigenvalue weighted by atomic mass is 16.2. The van der Waals surface area contributed by atoms with Gasteiger partial charge in [0, 0.05) is 32.7 Å². The minimum atomic E-state index is 0.0838. The van der Waals surface area contributed by atoms with E-state index < -0.39 is 0 Å². The Morgan fingerprint density at radius 3 is 2.46 bits per heavy atom. The number of urea groups is 1. The summed E-state index contributed by atoms with van der Waals surface area (Å²) < 4.78 is 0. The zero-order valence-corrected chi connectivity index (χ0v) is 8.66. The molecule has 0 bridgehead atoms. The van der Waals surface area contributed by atoms with Crippen LogP contribution in [0.15, 0.2) is 0 Å². The number of likely N-dealkylation sites (N-methyl/N-ethyl adjacent to an activating group) is 1. The predicted octanol–water partition coefficient (Wildman–Crippen LogP) is 0.480. The molecule has 4 nitrogen and oxygen atoms in total. The molecule has 0 saturated heterocycles. The summed E-state index contributed by atoms with van der Waals surface area (Å²) in [7, 11) is 3.67. The Labute approximate surface area is 79.7 Å². The molecular formula is C9H19N3O. The molecule has 0 aromatic heterocycles. The van der Waals surface area contributed by atoms with Gasteiger partial charge in [-0.1, -0.05) is 0 Å². The molecule has 2 amide bonds. The van der Waals surface area contributed by atoms with E-state index in [1.807, 2.05) is 18.9 Å². The highest BCUT2D eigenvalue weighted by molar-refractivity contribution is 5.74. The largest absolute Gasteiger partial charge is 0.328 e. The minimum absolute atomic E-state index is 0.0838. The normalized spacial score (nSPS) is 18.2. The van der Waals surface area contributed by atoms with Crippen molar-refractivity contribution < 1.29 is 4.79 Å². The molecule has 1 fully saturated rings. The van der Waals surface area contributed by atoms with Gasteiger partial charge in [0.05, 0.1) is 0 Å². The number of hydrogen-bond donors (Lipinski definition) is 1. The van der Waals surface area contributed by atoms with Gasteiger partial charge in [0.25, 0.3) is 0 Å². The van der Waals surface area contributed by atoms with Crippen LogP contribution in [-0.2, 0) is 0 Å². The summed E-state index contributed by atoms with van der Waals surface area (Å²) in [4.78, 5) is 15.2. The predicted molar refractivity (Wildman–Crippen MR) is 52.5 cm³/mol. The molecule has 13 heavy (non-hydrogen) atoms. The molecule has 1 aliphatic rings. The van der Waals surface area contributed by atoms with Crippen LogP contribution < -0.4 is 5.73 Å². The molecule has 76 valence electrons. The maximum Gasteiger partial charge on any atom is 0.320 e. The van der Waals surface area contributed by atoms with E-state index in [-0.39, 0.29) is 12.1 Å². The van der Waals surface area contributed by atoms with Gasteiger partial charge in [0.15, 0.2) is 0 Å². The molecule has 1 saturated carbocycles. The first kappa shape index (κ1) is 10.3. The smallest absolute Gasteiger partial charge is 0.320 e. The van der Waals surface area contributed by atoms with Crippen molar-refractivity contribution in [1.82, 2.24) is 9.80 Å². The van der Waals surface area contributed by atoms with Crippen LogP contribution in [-0.4, -0.2) is 48.6 Å². The number of carbonyl (C=O) groups excluding carboxylic acids is 1. The lowest BCUT2D eigenvalue weighted by molar-refractivity contribution is 0.158. The van der Waals surface area contributed by atoms with Crippen molar-refractivity contribution in [3.05, 3.63) is 0 Å². The van der Waals surface area contributed by atoms with E-state index in [1.165, 1.54) is 0 Å². The molecule has 0 spiro atoms. The third-order valence-corrected chi connectivity index (χ3v) is 2.70. The first-order chi connectivity index (χ1) is 6.07. The number of nitrogens with two attached hydrogens (primary N) is 1. The molecule has 2 N–H and O–H groups in total. The van der Waals surface area contributed by atoms with Gasteiger partial charge in [0.1, 0.15) is 0 Å². The van der Waals surface area contributed by atoms with Crippen LogP contribution >= 0.6 is 0 Å². The standard InChI is InChI=1S/C9H19N3O/c1-7(6-10)11(2)9(13)12(3)8-4-5-8/h7-8H,4-6,10H2,1-3H3. The Morgan fingerprint density at radius 1 is 1.54 bits per heavy atom. The molecule has 0 heterocycles. The molecule has 1 aliphatic carbocycles. The lowest BCUT2D eigenvalue weighted by Gasteiger charge is -2.28. The molecule has 4 heteroatoms. The SMILES string of the molecule is CC(CN)N(C)C(=O)N(C)C1CC1. The zero-order valence-electron chi connectivity index (χ0n) is 8.66. The summed E-state index contributed by atoms with van der Waals surface area (Å²) >= 11 is 0. The average Bonchev–Trinajstić information content (AvgIpc) is 2.96. The molecule has 1 rings (SSSR count). The fourth-order valence-corrected chi connectivity index (χ4v) is 1.21. The van der Waals surface area contributed by atoms with Crippen molar-refractivity contribution in [1.29, 1.82) is 0 Å². The first-order valence-corrected chi connectivity index (χ1v) is 4.77. The van der Waals surface area contributed by atoms with Crippen molar-refractivity contribution >= 4 is 6.03 Å². The van der Waals surface area contributed by atoms with Crippen LogP contribution in [0.4, 0.5) is 4.79 Å². The van der Waals surface area contributed by atoms with E-state index >= 15 is 0 Å². The van der Waals surface area contributed by atoms with Crippen molar-refractivity contribution in [3.8, 4) is 0 Å². The molecule has 0 aromatic rings. The maximum absolute atomic E-state index is 11.7. The Kier molecular flexibility index (Phi) is 3.14. The van der Waals surface area contributed by atoms with Crippen LogP contribution in [0.3, 0.4) is 0 Å². The summed E-state index contributed by atoms with van der Waals surface area (Å²) in [6, 6.07) is 0.675. The van der Waals surface area contributed by atoms with Gasteiger partial charge in [0.2, 0.25) is 0 Å². The Balaban J connectivity index is 2.44. The van der Waals surface area contributed by atoms with Crippen molar-refractivity contribution in [3.63, 3.8) is 0 Å². The second-order valence-electron chi connectivity index (χ2n) is 3.82. The number of hydrogen-bond acceptors (Lipinski definition) is 2. The second kappa shape index (κ2) is 3.96. The summed E-state index contributed by atoms with van der Waals surface area (Å²) in [6.07, 6.45) is 2.29. The van der Waals surface area contributed by atoms with Crippen molar-refractivity contribution in [2.75, 3.05) is 20.6 Å². The maximum atomic E-state index is 11.7. The lowest BCUT2D eigenvalue weighted by Crippen LogP contribution is -2.46. The van der Waals surface area contributed by atoms with E-state index in [0.717, 1.165) is 12.8 Å². The van der Waals surface area contributed by atoms with Gasteiger partial charge in [-0.2, -0.15) is 0 Å². The quantitative estimate of drug-likeness (QED) is 0.695. The highest BCUT2D eigenvalue weighted by Gasteiger charge is 2.31. The molecule has 0 aliphatic heterocycles. The van der Waals surface area contributed by atoms with Gasteiger partial charge in [-0.3, -0.25) is 0 Å². The summed E-state index contributed by atoms with van der Waals surface area (Å²) in [6.45, 7) is 2.47. The number of carbonyl (C=O) groups is 1. The molecule has 0 radical (unpaired) electrons.